The summed E-state index contributed by atoms with van der Waals surface area (Å²) in [4.78, 5) is 17.3. The van der Waals surface area contributed by atoms with Crippen molar-refractivity contribution in [1.82, 2.24) is 9.97 Å². The molecule has 0 saturated heterocycles. The minimum atomic E-state index is -0.181. The van der Waals surface area contributed by atoms with Crippen molar-refractivity contribution in [2.75, 3.05) is 7.11 Å². The molecule has 0 spiro atoms. The van der Waals surface area contributed by atoms with Crippen LogP contribution in [-0.2, 0) is 0 Å². The fraction of sp³-hybridized carbons (Fsp3) is 0.0833. The van der Waals surface area contributed by atoms with Crippen molar-refractivity contribution in [3.05, 3.63) is 39.8 Å². The van der Waals surface area contributed by atoms with E-state index in [-0.39, 0.29) is 5.56 Å². The van der Waals surface area contributed by atoms with Crippen molar-refractivity contribution in [3.63, 3.8) is 0 Å². The highest BCUT2D eigenvalue weighted by molar-refractivity contribution is 6.37. The average molecular weight is 249 g/mol. The average Bonchev–Trinajstić information content (AvgIpc) is 2.73. The molecule has 0 bridgehead atoms. The minimum absolute atomic E-state index is 0.181. The van der Waals surface area contributed by atoms with Crippen LogP contribution < -0.4 is 10.3 Å². The zero-order valence-electron chi connectivity index (χ0n) is 9.00. The number of fused-ring (bicyclic) bond motifs is 3. The zero-order valence-corrected chi connectivity index (χ0v) is 9.76. The number of rotatable bonds is 1. The first-order valence-electron chi connectivity index (χ1n) is 5.07. The van der Waals surface area contributed by atoms with Gasteiger partial charge in [0.1, 0.15) is 11.3 Å². The number of nitrogens with one attached hydrogen (secondary N) is 2. The van der Waals surface area contributed by atoms with Gasteiger partial charge in [-0.05, 0) is 12.1 Å². The fourth-order valence-electron chi connectivity index (χ4n) is 2.00. The van der Waals surface area contributed by atoms with Crippen molar-refractivity contribution in [2.24, 2.45) is 0 Å². The van der Waals surface area contributed by atoms with Crippen molar-refractivity contribution in [1.29, 1.82) is 0 Å². The molecule has 0 aliphatic heterocycles. The van der Waals surface area contributed by atoms with Crippen LogP contribution in [0.3, 0.4) is 0 Å². The van der Waals surface area contributed by atoms with Crippen molar-refractivity contribution >= 4 is 33.4 Å². The molecule has 0 aliphatic carbocycles. The van der Waals surface area contributed by atoms with E-state index in [4.69, 9.17) is 16.3 Å². The molecule has 3 rings (SSSR count). The summed E-state index contributed by atoms with van der Waals surface area (Å²) in [5.41, 5.74) is 1.14. The summed E-state index contributed by atoms with van der Waals surface area (Å²) in [5, 5.41) is 2.18. The van der Waals surface area contributed by atoms with Crippen molar-refractivity contribution in [3.8, 4) is 5.75 Å². The largest absolute Gasteiger partial charge is 0.497 e. The Balaban J connectivity index is 2.54. The third kappa shape index (κ3) is 1.41. The highest BCUT2D eigenvalue weighted by Gasteiger charge is 2.11. The maximum absolute atomic E-state index is 11.7. The standard InChI is InChI=1S/C12H9ClN2O2/c1-17-6-2-3-7-9(4-6)15-11-10(7)8(13)5-14-12(11)16/h2-5,15H,1H3,(H,14,16). The number of aromatic nitrogens is 2. The lowest BCUT2D eigenvalue weighted by Gasteiger charge is -1.98. The van der Waals surface area contributed by atoms with Crippen LogP contribution in [0.2, 0.25) is 5.02 Å². The van der Waals surface area contributed by atoms with Crippen LogP contribution in [0.15, 0.2) is 29.2 Å². The normalized spacial score (nSPS) is 11.2. The van der Waals surface area contributed by atoms with Crippen LogP contribution in [0.5, 0.6) is 5.75 Å². The second-order valence-electron chi connectivity index (χ2n) is 3.75. The summed E-state index contributed by atoms with van der Waals surface area (Å²) in [5.74, 6) is 0.733. The van der Waals surface area contributed by atoms with Crippen LogP contribution in [0.25, 0.3) is 21.8 Å². The molecule has 2 aromatic heterocycles. The van der Waals surface area contributed by atoms with E-state index in [0.29, 0.717) is 10.5 Å². The molecule has 0 radical (unpaired) electrons. The summed E-state index contributed by atoms with van der Waals surface area (Å²) in [6, 6.07) is 5.57. The summed E-state index contributed by atoms with van der Waals surface area (Å²) < 4.78 is 5.14. The number of pyridine rings is 1. The molecule has 86 valence electrons. The highest BCUT2D eigenvalue weighted by atomic mass is 35.5. The van der Waals surface area contributed by atoms with Crippen LogP contribution in [0, 0.1) is 0 Å². The molecule has 0 unspecified atom stereocenters. The Morgan fingerprint density at radius 1 is 1.35 bits per heavy atom. The SMILES string of the molecule is COc1ccc2c(c1)[nH]c1c(=O)[nH]cc(Cl)c12. The van der Waals surface area contributed by atoms with Gasteiger partial charge in [0.2, 0.25) is 0 Å². The van der Waals surface area contributed by atoms with Crippen LogP contribution in [-0.4, -0.2) is 17.1 Å². The molecule has 0 fully saturated rings. The van der Waals surface area contributed by atoms with E-state index in [1.807, 2.05) is 18.2 Å². The van der Waals surface area contributed by atoms with Gasteiger partial charge in [0.25, 0.3) is 5.56 Å². The van der Waals surface area contributed by atoms with Gasteiger partial charge in [0.15, 0.2) is 0 Å². The molecule has 0 aliphatic rings. The maximum Gasteiger partial charge on any atom is 0.272 e. The topological polar surface area (TPSA) is 57.9 Å². The minimum Gasteiger partial charge on any atom is -0.497 e. The van der Waals surface area contributed by atoms with Gasteiger partial charge in [-0.3, -0.25) is 4.79 Å². The number of methoxy groups -OCH3 is 1. The van der Waals surface area contributed by atoms with Crippen LogP contribution in [0.4, 0.5) is 0 Å². The van der Waals surface area contributed by atoms with Crippen LogP contribution in [0.1, 0.15) is 0 Å². The third-order valence-electron chi connectivity index (χ3n) is 2.80. The first-order chi connectivity index (χ1) is 8.20. The second-order valence-corrected chi connectivity index (χ2v) is 4.16. The quantitative estimate of drug-likeness (QED) is 0.696. The van der Waals surface area contributed by atoms with Crippen molar-refractivity contribution < 1.29 is 4.74 Å². The lowest BCUT2D eigenvalue weighted by Crippen LogP contribution is -2.04. The predicted octanol–water partition coefficient (Wildman–Crippen LogP) is 2.67. The molecular weight excluding hydrogens is 240 g/mol. The number of hydrogen-bond donors (Lipinski definition) is 2. The molecule has 0 atom stereocenters. The Morgan fingerprint density at radius 3 is 2.94 bits per heavy atom. The Labute approximate surface area is 101 Å². The van der Waals surface area contributed by atoms with E-state index in [2.05, 4.69) is 9.97 Å². The first-order valence-corrected chi connectivity index (χ1v) is 5.45. The van der Waals surface area contributed by atoms with Crippen molar-refractivity contribution in [2.45, 2.75) is 0 Å². The van der Waals surface area contributed by atoms with E-state index >= 15 is 0 Å². The first kappa shape index (κ1) is 10.2. The van der Waals surface area contributed by atoms with E-state index < -0.39 is 0 Å². The van der Waals surface area contributed by atoms with Gasteiger partial charge < -0.3 is 14.7 Å². The smallest absolute Gasteiger partial charge is 0.272 e. The molecule has 17 heavy (non-hydrogen) atoms. The molecule has 0 saturated carbocycles. The second kappa shape index (κ2) is 3.53. The van der Waals surface area contributed by atoms with Gasteiger partial charge in [-0.25, -0.2) is 0 Å². The molecule has 5 heteroatoms. The van der Waals surface area contributed by atoms with Gasteiger partial charge in [-0.2, -0.15) is 0 Å². The van der Waals surface area contributed by atoms with E-state index in [1.54, 1.807) is 7.11 Å². The van der Waals surface area contributed by atoms with Gasteiger partial charge >= 0.3 is 0 Å². The number of hydrogen-bond acceptors (Lipinski definition) is 2. The molecule has 3 aromatic rings. The van der Waals surface area contributed by atoms with Gasteiger partial charge in [0.05, 0.1) is 17.6 Å². The maximum atomic E-state index is 11.7. The summed E-state index contributed by atoms with van der Waals surface area (Å²) in [6.45, 7) is 0. The van der Waals surface area contributed by atoms with E-state index in [9.17, 15) is 4.79 Å². The van der Waals surface area contributed by atoms with E-state index in [0.717, 1.165) is 22.0 Å². The monoisotopic (exact) mass is 248 g/mol. The molecule has 2 heterocycles. The number of aromatic amines is 2. The van der Waals surface area contributed by atoms with Gasteiger partial charge in [0, 0.05) is 23.0 Å². The van der Waals surface area contributed by atoms with Gasteiger partial charge in [-0.1, -0.05) is 11.6 Å². The summed E-state index contributed by atoms with van der Waals surface area (Å²) in [7, 11) is 1.60. The summed E-state index contributed by atoms with van der Waals surface area (Å²) in [6.07, 6.45) is 1.50. The Bertz CT molecular complexity index is 773. The van der Waals surface area contributed by atoms with E-state index in [1.165, 1.54) is 6.20 Å². The lowest BCUT2D eigenvalue weighted by molar-refractivity contribution is 0.415. The number of H-pyrrole nitrogens is 2. The Hall–Kier alpha value is -1.94. The Kier molecular flexibility index (Phi) is 2.12. The molecule has 4 nitrogen and oxygen atoms in total. The third-order valence-corrected chi connectivity index (χ3v) is 3.10. The molecule has 1 aromatic carbocycles. The molecule has 0 amide bonds. The summed E-state index contributed by atoms with van der Waals surface area (Å²) >= 11 is 6.10. The number of halogens is 1. The van der Waals surface area contributed by atoms with Crippen LogP contribution >= 0.6 is 11.6 Å². The Morgan fingerprint density at radius 2 is 2.18 bits per heavy atom. The fourth-order valence-corrected chi connectivity index (χ4v) is 2.25. The predicted molar refractivity (Wildman–Crippen MR) is 68.0 cm³/mol. The van der Waals surface area contributed by atoms with Gasteiger partial charge in [-0.15, -0.1) is 0 Å². The lowest BCUT2D eigenvalue weighted by atomic mass is 10.2. The number of ether oxygens (including phenoxy) is 1. The highest BCUT2D eigenvalue weighted by Crippen LogP contribution is 2.30. The molecule has 2 N–H and O–H groups in total. The molecular formula is C12H9ClN2O2. The number of benzene rings is 1. The zero-order chi connectivity index (χ0) is 12.0.